The van der Waals surface area contributed by atoms with Crippen molar-refractivity contribution in [1.29, 1.82) is 0 Å². The maximum atomic E-state index is 7.50. The van der Waals surface area contributed by atoms with Gasteiger partial charge in [-0.2, -0.15) is 0 Å². The first-order chi connectivity index (χ1) is 10.3. The SMILES string of the molecule is C=C([C]1[CH][CH][CH][CH]1)c1ccc(SC)cc1.[C-]#[O+].[C-]#[O+].[C-]#[O+].[Re]. The van der Waals surface area contributed by atoms with Crippen LogP contribution in [0.5, 0.6) is 0 Å². The molecule has 1 aliphatic carbocycles. The average molecular weight is 484 g/mol. The van der Waals surface area contributed by atoms with Crippen LogP contribution in [0.15, 0.2) is 35.7 Å². The van der Waals surface area contributed by atoms with E-state index in [9.17, 15) is 0 Å². The van der Waals surface area contributed by atoms with Crippen molar-refractivity contribution in [3.8, 4) is 0 Å². The number of thioether (sulfide) groups is 1. The number of hydrogen-bond acceptors (Lipinski definition) is 1. The summed E-state index contributed by atoms with van der Waals surface area (Å²) in [6.07, 6.45) is 10.3. The first-order valence-corrected chi connectivity index (χ1v) is 6.70. The van der Waals surface area contributed by atoms with Gasteiger partial charge < -0.3 is 0 Å². The Morgan fingerprint density at radius 2 is 1.32 bits per heavy atom. The van der Waals surface area contributed by atoms with Crippen molar-refractivity contribution in [2.24, 2.45) is 0 Å². The summed E-state index contributed by atoms with van der Waals surface area (Å²) in [5, 5.41) is 0. The Morgan fingerprint density at radius 1 is 0.909 bits per heavy atom. The van der Waals surface area contributed by atoms with Crippen molar-refractivity contribution in [3.05, 3.63) is 88.0 Å². The van der Waals surface area contributed by atoms with Crippen molar-refractivity contribution in [2.75, 3.05) is 6.26 Å². The zero-order valence-electron chi connectivity index (χ0n) is 11.8. The van der Waals surface area contributed by atoms with E-state index in [1.165, 1.54) is 16.4 Å². The predicted octanol–water partition coefficient (Wildman–Crippen LogP) is 3.71. The van der Waals surface area contributed by atoms with Crippen molar-refractivity contribution in [3.63, 3.8) is 0 Å². The smallest absolute Gasteiger partial charge is 0 e. The van der Waals surface area contributed by atoms with Gasteiger partial charge in [-0.25, -0.2) is 0 Å². The van der Waals surface area contributed by atoms with E-state index in [-0.39, 0.29) is 20.4 Å². The van der Waals surface area contributed by atoms with Crippen LogP contribution in [0.3, 0.4) is 0 Å². The fourth-order valence-electron chi connectivity index (χ4n) is 1.53. The van der Waals surface area contributed by atoms with Gasteiger partial charge in [0.05, 0.1) is 0 Å². The van der Waals surface area contributed by atoms with E-state index in [0.29, 0.717) is 0 Å². The van der Waals surface area contributed by atoms with E-state index < -0.39 is 0 Å². The Balaban J connectivity index is -0.000000463. The first-order valence-electron chi connectivity index (χ1n) is 5.48. The van der Waals surface area contributed by atoms with Gasteiger partial charge in [0.15, 0.2) is 0 Å². The van der Waals surface area contributed by atoms with Crippen molar-refractivity contribution in [1.82, 2.24) is 0 Å². The zero-order valence-corrected chi connectivity index (χ0v) is 15.4. The molecule has 6 radical (unpaired) electrons. The second-order valence-electron chi connectivity index (χ2n) is 3.38. The molecule has 0 amide bonds. The molecule has 1 fully saturated rings. The summed E-state index contributed by atoms with van der Waals surface area (Å²) in [4.78, 5) is 1.29. The molecule has 0 aromatic heterocycles. The molecule has 1 aliphatic rings. The number of rotatable bonds is 3. The first kappa shape index (κ1) is 26.1. The molecule has 0 spiro atoms. The van der Waals surface area contributed by atoms with Crippen molar-refractivity contribution >= 4 is 17.3 Å². The molecule has 0 heterocycles. The van der Waals surface area contributed by atoms with E-state index in [4.69, 9.17) is 14.0 Å². The summed E-state index contributed by atoms with van der Waals surface area (Å²) in [5.41, 5.74) is 2.28. The summed E-state index contributed by atoms with van der Waals surface area (Å²) in [5.74, 6) is 1.20. The Bertz CT molecular complexity index is 443. The Hall–Kier alpha value is -0.808. The molecular formula is C17H13O3ReS. The van der Waals surface area contributed by atoms with E-state index in [0.717, 1.165) is 5.57 Å². The molecule has 5 heteroatoms. The molecule has 1 aromatic rings. The molecule has 0 saturated heterocycles. The van der Waals surface area contributed by atoms with Crippen LogP contribution in [0.1, 0.15) is 5.56 Å². The maximum Gasteiger partial charge on any atom is 0 e. The molecular weight excluding hydrogens is 470 g/mol. The van der Waals surface area contributed by atoms with Gasteiger partial charge >= 0.3 is 33.9 Å². The molecule has 0 bridgehead atoms. The van der Waals surface area contributed by atoms with Crippen LogP contribution in [0.2, 0.25) is 0 Å². The molecule has 1 aromatic carbocycles. The largest absolute Gasteiger partial charge is 0 e. The Labute approximate surface area is 150 Å². The van der Waals surface area contributed by atoms with Crippen LogP contribution in [-0.2, 0) is 34.4 Å². The van der Waals surface area contributed by atoms with Gasteiger partial charge in [0.2, 0.25) is 0 Å². The molecule has 1 saturated carbocycles. The van der Waals surface area contributed by atoms with Crippen LogP contribution >= 0.6 is 11.8 Å². The second kappa shape index (κ2) is 18.2. The minimum atomic E-state index is 0. The van der Waals surface area contributed by atoms with Crippen LogP contribution in [0, 0.1) is 51.6 Å². The standard InChI is InChI=1S/C14H13S.3CO.Re/c1-11(12-5-3-4-6-12)13-7-9-14(15-2)10-8-13;3*1-2;/h3-10H,1H2,2H3;;;;. The van der Waals surface area contributed by atoms with Crippen LogP contribution in [-0.4, -0.2) is 6.26 Å². The average Bonchev–Trinajstić information content (AvgIpc) is 3.14. The van der Waals surface area contributed by atoms with Gasteiger partial charge in [0.25, 0.3) is 0 Å². The molecule has 112 valence electrons. The van der Waals surface area contributed by atoms with Gasteiger partial charge in [-0.15, -0.1) is 11.8 Å². The normalized spacial score (nSPS) is 11.8. The third kappa shape index (κ3) is 9.26. The minimum Gasteiger partial charge on any atom is 0 e. The summed E-state index contributed by atoms with van der Waals surface area (Å²) in [7, 11) is 0. The van der Waals surface area contributed by atoms with Crippen molar-refractivity contribution in [2.45, 2.75) is 4.90 Å². The summed E-state index contributed by atoms with van der Waals surface area (Å²) < 4.78 is 22.5. The zero-order chi connectivity index (χ0) is 16.7. The van der Waals surface area contributed by atoms with Gasteiger partial charge in [-0.3, -0.25) is 0 Å². The number of allylic oxidation sites excluding steroid dienone is 1. The van der Waals surface area contributed by atoms with Crippen LogP contribution < -0.4 is 0 Å². The summed E-state index contributed by atoms with van der Waals surface area (Å²) >= 11 is 1.76. The molecule has 22 heavy (non-hydrogen) atoms. The summed E-state index contributed by atoms with van der Waals surface area (Å²) in [6.45, 7) is 17.6. The predicted molar refractivity (Wildman–Crippen MR) is 79.5 cm³/mol. The fraction of sp³-hybridized carbons (Fsp3) is 0.0588. The molecule has 2 rings (SSSR count). The monoisotopic (exact) mass is 484 g/mol. The molecule has 0 unspecified atom stereocenters. The van der Waals surface area contributed by atoms with E-state index in [1.54, 1.807) is 11.8 Å². The van der Waals surface area contributed by atoms with Gasteiger partial charge in [0, 0.05) is 31.2 Å². The third-order valence-corrected chi connectivity index (χ3v) is 3.19. The third-order valence-electron chi connectivity index (χ3n) is 2.45. The minimum absolute atomic E-state index is 0. The van der Waals surface area contributed by atoms with Gasteiger partial charge in [-0.1, -0.05) is 18.7 Å². The van der Waals surface area contributed by atoms with Crippen LogP contribution in [0.4, 0.5) is 0 Å². The number of hydrogen-bond donors (Lipinski definition) is 0. The van der Waals surface area contributed by atoms with E-state index >= 15 is 0 Å². The number of benzene rings is 1. The van der Waals surface area contributed by atoms with Gasteiger partial charge in [-0.05, 0) is 55.2 Å². The molecule has 0 aliphatic heterocycles. The topological polar surface area (TPSA) is 59.7 Å². The fourth-order valence-corrected chi connectivity index (χ4v) is 1.94. The molecule has 3 nitrogen and oxygen atoms in total. The Morgan fingerprint density at radius 3 is 1.68 bits per heavy atom. The van der Waals surface area contributed by atoms with Crippen molar-refractivity contribution < 1.29 is 34.4 Å². The Kier molecular flexibility index (Phi) is 21.6. The maximum absolute atomic E-state index is 7.50. The van der Waals surface area contributed by atoms with Crippen LogP contribution in [0.25, 0.3) is 5.57 Å². The summed E-state index contributed by atoms with van der Waals surface area (Å²) in [6, 6.07) is 8.52. The molecule has 0 N–H and O–H groups in total. The van der Waals surface area contributed by atoms with Gasteiger partial charge in [0.1, 0.15) is 0 Å². The van der Waals surface area contributed by atoms with E-state index in [1.807, 2.05) is 12.8 Å². The quantitative estimate of drug-likeness (QED) is 0.367. The van der Waals surface area contributed by atoms with E-state index in [2.05, 4.69) is 69.9 Å². The second-order valence-corrected chi connectivity index (χ2v) is 4.26. The molecule has 0 atom stereocenters.